The molecule has 0 unspecified atom stereocenters. The van der Waals surface area contributed by atoms with E-state index in [0.29, 0.717) is 29.2 Å². The number of anilines is 1. The van der Waals surface area contributed by atoms with Crippen LogP contribution >= 0.6 is 11.3 Å². The molecule has 1 saturated heterocycles. The molecule has 0 spiro atoms. The molecule has 1 aromatic heterocycles. The predicted octanol–water partition coefficient (Wildman–Crippen LogP) is 3.97. The molecule has 2 heterocycles. The number of amides is 1. The number of sulfonamides is 1. The monoisotopic (exact) mass is 450 g/mol. The lowest BCUT2D eigenvalue weighted by molar-refractivity contribution is 0.0601. The number of hydrogen-bond donors (Lipinski definition) is 1. The molecule has 1 aliphatic heterocycles. The Morgan fingerprint density at radius 1 is 1.03 bits per heavy atom. The maximum absolute atomic E-state index is 12.9. The number of rotatable bonds is 5. The summed E-state index contributed by atoms with van der Waals surface area (Å²) in [5.41, 5.74) is 1.42. The van der Waals surface area contributed by atoms with Crippen molar-refractivity contribution in [1.29, 1.82) is 0 Å². The Bertz CT molecular complexity index is 1030. The maximum atomic E-state index is 12.9. The van der Waals surface area contributed by atoms with E-state index in [1.165, 1.54) is 47.0 Å². The van der Waals surface area contributed by atoms with Gasteiger partial charge < -0.3 is 10.1 Å². The molecule has 0 atom stereocenters. The van der Waals surface area contributed by atoms with Gasteiger partial charge in [-0.3, -0.25) is 4.79 Å². The van der Waals surface area contributed by atoms with E-state index in [0.717, 1.165) is 36.1 Å². The largest absolute Gasteiger partial charge is 0.465 e. The minimum atomic E-state index is -3.57. The third-order valence-electron chi connectivity index (χ3n) is 5.32. The summed E-state index contributed by atoms with van der Waals surface area (Å²) in [7, 11) is -2.27. The van der Waals surface area contributed by atoms with E-state index < -0.39 is 21.9 Å². The lowest BCUT2D eigenvalue weighted by Gasteiger charge is -2.20. The van der Waals surface area contributed by atoms with Crippen LogP contribution < -0.4 is 5.32 Å². The third kappa shape index (κ3) is 4.58. The zero-order chi connectivity index (χ0) is 21.9. The van der Waals surface area contributed by atoms with E-state index >= 15 is 0 Å². The Morgan fingerprint density at radius 2 is 1.63 bits per heavy atom. The quantitative estimate of drug-likeness (QED) is 0.696. The molecular weight excluding hydrogens is 424 g/mol. The second kappa shape index (κ2) is 9.28. The first-order valence-electron chi connectivity index (χ1n) is 9.85. The highest BCUT2D eigenvalue weighted by Gasteiger charge is 2.26. The van der Waals surface area contributed by atoms with E-state index in [2.05, 4.69) is 5.32 Å². The van der Waals surface area contributed by atoms with Crippen LogP contribution in [-0.4, -0.2) is 44.8 Å². The van der Waals surface area contributed by atoms with Crippen molar-refractivity contribution < 1.29 is 22.7 Å². The number of thiophene rings is 1. The molecule has 3 rings (SSSR count). The van der Waals surface area contributed by atoms with Crippen molar-refractivity contribution in [2.24, 2.45) is 0 Å². The minimum absolute atomic E-state index is 0.180. The Hall–Kier alpha value is -2.23. The molecule has 1 aromatic carbocycles. The molecule has 1 N–H and O–H groups in total. The molecule has 1 amide bonds. The average Bonchev–Trinajstić information content (AvgIpc) is 2.93. The van der Waals surface area contributed by atoms with Crippen LogP contribution in [0.4, 0.5) is 5.00 Å². The summed E-state index contributed by atoms with van der Waals surface area (Å²) in [4.78, 5) is 25.9. The normalized spacial score (nSPS) is 15.4. The Labute approximate surface area is 181 Å². The summed E-state index contributed by atoms with van der Waals surface area (Å²) < 4.78 is 32.1. The molecule has 0 bridgehead atoms. The number of ether oxygens (including phenoxy) is 1. The summed E-state index contributed by atoms with van der Waals surface area (Å²) in [6.07, 6.45) is 3.81. The number of benzene rings is 1. The molecule has 0 aliphatic carbocycles. The van der Waals surface area contributed by atoms with Crippen LogP contribution in [0.15, 0.2) is 29.2 Å². The smallest absolute Gasteiger partial charge is 0.341 e. The Balaban J connectivity index is 1.79. The van der Waals surface area contributed by atoms with Crippen LogP contribution in [0.25, 0.3) is 0 Å². The molecule has 162 valence electrons. The van der Waals surface area contributed by atoms with Gasteiger partial charge in [-0.25, -0.2) is 13.2 Å². The van der Waals surface area contributed by atoms with Crippen LogP contribution in [0, 0.1) is 13.8 Å². The Morgan fingerprint density at radius 3 is 2.20 bits per heavy atom. The number of esters is 1. The van der Waals surface area contributed by atoms with Gasteiger partial charge in [-0.15, -0.1) is 11.3 Å². The van der Waals surface area contributed by atoms with Crippen LogP contribution in [-0.2, 0) is 14.8 Å². The summed E-state index contributed by atoms with van der Waals surface area (Å²) in [6.45, 7) is 4.72. The number of carbonyl (C=O) groups is 2. The van der Waals surface area contributed by atoms with Gasteiger partial charge in [0.2, 0.25) is 10.0 Å². The highest BCUT2D eigenvalue weighted by atomic mass is 32.2. The van der Waals surface area contributed by atoms with Gasteiger partial charge in [0.15, 0.2) is 0 Å². The lowest BCUT2D eigenvalue weighted by atomic mass is 10.1. The van der Waals surface area contributed by atoms with Crippen molar-refractivity contribution in [2.45, 2.75) is 44.4 Å². The summed E-state index contributed by atoms with van der Waals surface area (Å²) >= 11 is 1.30. The fourth-order valence-corrected chi connectivity index (χ4v) is 6.01. The van der Waals surface area contributed by atoms with Crippen molar-refractivity contribution >= 4 is 38.2 Å². The summed E-state index contributed by atoms with van der Waals surface area (Å²) in [5, 5.41) is 3.17. The fraction of sp³-hybridized carbons (Fsp3) is 0.429. The van der Waals surface area contributed by atoms with Gasteiger partial charge in [0.05, 0.1) is 17.6 Å². The molecule has 2 aromatic rings. The van der Waals surface area contributed by atoms with Crippen molar-refractivity contribution in [3.8, 4) is 0 Å². The van der Waals surface area contributed by atoms with E-state index in [4.69, 9.17) is 4.74 Å². The van der Waals surface area contributed by atoms with E-state index in [-0.39, 0.29) is 4.90 Å². The van der Waals surface area contributed by atoms with E-state index in [1.807, 2.05) is 6.92 Å². The lowest BCUT2D eigenvalue weighted by Crippen LogP contribution is -2.31. The summed E-state index contributed by atoms with van der Waals surface area (Å²) in [6, 6.07) is 5.90. The Kier molecular flexibility index (Phi) is 6.95. The summed E-state index contributed by atoms with van der Waals surface area (Å²) in [5.74, 6) is -0.925. The minimum Gasteiger partial charge on any atom is -0.465 e. The molecule has 0 saturated carbocycles. The molecule has 7 nitrogen and oxygen atoms in total. The zero-order valence-electron chi connectivity index (χ0n) is 17.4. The zero-order valence-corrected chi connectivity index (χ0v) is 19.0. The molecule has 1 aliphatic rings. The molecule has 0 radical (unpaired) electrons. The fourth-order valence-electron chi connectivity index (χ4n) is 3.45. The highest BCUT2D eigenvalue weighted by Crippen LogP contribution is 2.33. The van der Waals surface area contributed by atoms with Gasteiger partial charge >= 0.3 is 5.97 Å². The molecule has 9 heteroatoms. The molecular formula is C21H26N2O5S2. The van der Waals surface area contributed by atoms with Gasteiger partial charge in [0, 0.05) is 23.5 Å². The second-order valence-corrected chi connectivity index (χ2v) is 10.4. The van der Waals surface area contributed by atoms with Crippen molar-refractivity contribution in [1.82, 2.24) is 4.31 Å². The first kappa shape index (κ1) is 22.5. The predicted molar refractivity (Wildman–Crippen MR) is 117 cm³/mol. The van der Waals surface area contributed by atoms with Crippen molar-refractivity contribution in [2.75, 3.05) is 25.5 Å². The van der Waals surface area contributed by atoms with Gasteiger partial charge in [-0.2, -0.15) is 4.31 Å². The van der Waals surface area contributed by atoms with Gasteiger partial charge in [0.25, 0.3) is 5.91 Å². The molecule has 30 heavy (non-hydrogen) atoms. The first-order valence-corrected chi connectivity index (χ1v) is 12.1. The van der Waals surface area contributed by atoms with E-state index in [1.54, 1.807) is 6.92 Å². The number of aryl methyl sites for hydroxylation is 1. The number of nitrogens with one attached hydrogen (secondary N) is 1. The molecule has 1 fully saturated rings. The van der Waals surface area contributed by atoms with Crippen LogP contribution in [0.5, 0.6) is 0 Å². The number of carbonyl (C=O) groups excluding carboxylic acids is 2. The van der Waals surface area contributed by atoms with Crippen LogP contribution in [0.3, 0.4) is 0 Å². The van der Waals surface area contributed by atoms with Gasteiger partial charge in [-0.05, 0) is 56.5 Å². The van der Waals surface area contributed by atoms with Gasteiger partial charge in [0.1, 0.15) is 5.00 Å². The second-order valence-electron chi connectivity index (χ2n) is 7.28. The number of methoxy groups -OCH3 is 1. The van der Waals surface area contributed by atoms with Crippen LogP contribution in [0.2, 0.25) is 0 Å². The number of nitrogens with zero attached hydrogens (tertiary/aromatic N) is 1. The standard InChI is InChI=1S/C21H26N2O5S2/c1-14-15(2)29-20(18(14)21(25)28-3)22-19(24)16-8-10-17(11-9-16)30(26,27)23-12-6-4-5-7-13-23/h8-11H,4-7,12-13H2,1-3H3,(H,22,24). The maximum Gasteiger partial charge on any atom is 0.341 e. The first-order chi connectivity index (χ1) is 14.3. The average molecular weight is 451 g/mol. The number of hydrogen-bond acceptors (Lipinski definition) is 6. The van der Waals surface area contributed by atoms with Gasteiger partial charge in [-0.1, -0.05) is 12.8 Å². The third-order valence-corrected chi connectivity index (χ3v) is 8.36. The highest BCUT2D eigenvalue weighted by molar-refractivity contribution is 7.89. The SMILES string of the molecule is COC(=O)c1c(NC(=O)c2ccc(S(=O)(=O)N3CCCCCC3)cc2)sc(C)c1C. The van der Waals surface area contributed by atoms with Crippen molar-refractivity contribution in [3.05, 3.63) is 45.8 Å². The van der Waals surface area contributed by atoms with Crippen molar-refractivity contribution in [3.63, 3.8) is 0 Å². The topological polar surface area (TPSA) is 92.8 Å². The van der Waals surface area contributed by atoms with E-state index in [9.17, 15) is 18.0 Å². The van der Waals surface area contributed by atoms with Crippen LogP contribution in [0.1, 0.15) is 56.8 Å².